The van der Waals surface area contributed by atoms with Gasteiger partial charge in [-0.15, -0.1) is 0 Å². The lowest BCUT2D eigenvalue weighted by Gasteiger charge is -2.25. The van der Waals surface area contributed by atoms with Crippen LogP contribution >= 0.6 is 0 Å². The zero-order valence-corrected chi connectivity index (χ0v) is 16.6. The fourth-order valence-electron chi connectivity index (χ4n) is 3.71. The fourth-order valence-corrected chi connectivity index (χ4v) is 3.71. The van der Waals surface area contributed by atoms with E-state index in [0.29, 0.717) is 26.4 Å². The van der Waals surface area contributed by atoms with E-state index in [2.05, 4.69) is 21.0 Å². The third kappa shape index (κ3) is 7.08. The van der Waals surface area contributed by atoms with Crippen LogP contribution in [0.5, 0.6) is 0 Å². The van der Waals surface area contributed by atoms with Gasteiger partial charge in [-0.05, 0) is 33.1 Å². The normalized spacial score (nSPS) is 23.4. The molecule has 1 rings (SSSR count). The summed E-state index contributed by atoms with van der Waals surface area (Å²) in [7, 11) is 6.26. The highest BCUT2D eigenvalue weighted by Gasteiger charge is 2.40. The van der Waals surface area contributed by atoms with Gasteiger partial charge in [-0.3, -0.25) is 4.79 Å². The largest absolute Gasteiger partial charge is 0.463 e. The molecular formula is C19H38NO4+. The topological polar surface area (TPSA) is 44.8 Å². The number of carbonyl (C=O) groups excluding carboxylic acids is 1. The van der Waals surface area contributed by atoms with Crippen LogP contribution in [0.15, 0.2) is 0 Å². The number of quaternary nitrogens is 1. The second-order valence-electron chi connectivity index (χ2n) is 8.39. The Morgan fingerprint density at radius 1 is 1.08 bits per heavy atom. The number of hydrogen-bond donors (Lipinski definition) is 0. The number of hydrogen-bond acceptors (Lipinski definition) is 4. The Balaban J connectivity index is 2.33. The van der Waals surface area contributed by atoms with E-state index >= 15 is 0 Å². The summed E-state index contributed by atoms with van der Waals surface area (Å²) < 4.78 is 16.7. The zero-order valence-electron chi connectivity index (χ0n) is 16.6. The number of methoxy groups -OCH3 is 1. The van der Waals surface area contributed by atoms with Crippen molar-refractivity contribution < 1.29 is 23.5 Å². The van der Waals surface area contributed by atoms with Gasteiger partial charge in [0.05, 0.1) is 52.4 Å². The lowest BCUT2D eigenvalue weighted by molar-refractivity contribution is -0.880. The maximum Gasteiger partial charge on any atom is 0.311 e. The van der Waals surface area contributed by atoms with Gasteiger partial charge in [0.1, 0.15) is 6.61 Å². The number of ether oxygens (including phenoxy) is 3. The highest BCUT2D eigenvalue weighted by molar-refractivity contribution is 5.75. The van der Waals surface area contributed by atoms with Crippen molar-refractivity contribution in [3.05, 3.63) is 0 Å². The summed E-state index contributed by atoms with van der Waals surface area (Å²) in [6.07, 6.45) is 3.22. The van der Waals surface area contributed by atoms with Crippen molar-refractivity contribution >= 4 is 5.97 Å². The molecule has 2 unspecified atom stereocenters. The summed E-state index contributed by atoms with van der Waals surface area (Å²) in [4.78, 5) is 12.3. The molecule has 1 saturated heterocycles. The highest BCUT2D eigenvalue weighted by Crippen LogP contribution is 2.36. The Labute approximate surface area is 148 Å². The van der Waals surface area contributed by atoms with Crippen LogP contribution in [-0.4, -0.2) is 71.2 Å². The van der Waals surface area contributed by atoms with Crippen LogP contribution in [0.1, 0.15) is 40.0 Å². The first-order valence-electron chi connectivity index (χ1n) is 9.28. The van der Waals surface area contributed by atoms with Crippen LogP contribution in [0.25, 0.3) is 0 Å². The van der Waals surface area contributed by atoms with Gasteiger partial charge in [0, 0.05) is 18.9 Å². The molecule has 0 N–H and O–H groups in total. The van der Waals surface area contributed by atoms with E-state index in [-0.39, 0.29) is 5.97 Å². The van der Waals surface area contributed by atoms with Gasteiger partial charge >= 0.3 is 5.97 Å². The van der Waals surface area contributed by atoms with Gasteiger partial charge in [0.2, 0.25) is 0 Å². The summed E-state index contributed by atoms with van der Waals surface area (Å²) in [5, 5.41) is 0. The second-order valence-corrected chi connectivity index (χ2v) is 8.39. The molecule has 5 heteroatoms. The SMILES string of the molecule is CCC1C[N+](C)(C)CC1CCC(C)(C)C(=O)OCCOCCOC. The monoisotopic (exact) mass is 344 g/mol. The summed E-state index contributed by atoms with van der Waals surface area (Å²) in [5.41, 5.74) is -0.426. The van der Waals surface area contributed by atoms with Crippen LogP contribution < -0.4 is 0 Å². The number of esters is 1. The standard InChI is InChI=1S/C19H38NO4/c1-7-16-14-20(4,5)15-17(16)8-9-19(2,3)18(21)24-13-12-23-11-10-22-6/h16-17H,7-15H2,1-6H3/q+1. The Morgan fingerprint density at radius 3 is 2.33 bits per heavy atom. The van der Waals surface area contributed by atoms with Crippen molar-refractivity contribution in [2.75, 3.05) is 60.7 Å². The van der Waals surface area contributed by atoms with E-state index in [1.54, 1.807) is 7.11 Å². The third-order valence-electron chi connectivity index (χ3n) is 5.23. The molecule has 0 saturated carbocycles. The molecular weight excluding hydrogens is 306 g/mol. The van der Waals surface area contributed by atoms with E-state index in [9.17, 15) is 4.79 Å². The van der Waals surface area contributed by atoms with E-state index in [4.69, 9.17) is 14.2 Å². The van der Waals surface area contributed by atoms with Crippen molar-refractivity contribution in [2.24, 2.45) is 17.3 Å². The van der Waals surface area contributed by atoms with Crippen LogP contribution in [0.2, 0.25) is 0 Å². The number of likely N-dealkylation sites (tertiary alicyclic amines) is 1. The average molecular weight is 345 g/mol. The first kappa shape index (κ1) is 21.4. The molecule has 1 heterocycles. The van der Waals surface area contributed by atoms with E-state index in [0.717, 1.165) is 29.2 Å². The predicted octanol–water partition coefficient (Wildman–Crippen LogP) is 2.73. The van der Waals surface area contributed by atoms with Gasteiger partial charge in [-0.1, -0.05) is 6.92 Å². The maximum atomic E-state index is 12.3. The van der Waals surface area contributed by atoms with Crippen LogP contribution in [0.3, 0.4) is 0 Å². The van der Waals surface area contributed by atoms with Gasteiger partial charge in [0.15, 0.2) is 0 Å². The molecule has 0 bridgehead atoms. The molecule has 0 aromatic heterocycles. The lowest BCUT2D eigenvalue weighted by Crippen LogP contribution is -2.37. The minimum Gasteiger partial charge on any atom is -0.463 e. The van der Waals surface area contributed by atoms with E-state index in [1.165, 1.54) is 19.5 Å². The molecule has 1 fully saturated rings. The minimum atomic E-state index is -0.426. The first-order chi connectivity index (χ1) is 11.2. The molecule has 0 amide bonds. The van der Waals surface area contributed by atoms with E-state index in [1.807, 2.05) is 13.8 Å². The molecule has 0 aliphatic carbocycles. The van der Waals surface area contributed by atoms with Crippen LogP contribution in [0.4, 0.5) is 0 Å². The number of rotatable bonds is 11. The number of carbonyl (C=O) groups is 1. The van der Waals surface area contributed by atoms with Crippen molar-refractivity contribution in [3.63, 3.8) is 0 Å². The van der Waals surface area contributed by atoms with Gasteiger partial charge in [-0.25, -0.2) is 0 Å². The fraction of sp³-hybridized carbons (Fsp3) is 0.947. The maximum absolute atomic E-state index is 12.3. The van der Waals surface area contributed by atoms with Crippen LogP contribution in [-0.2, 0) is 19.0 Å². The summed E-state index contributed by atoms with van der Waals surface area (Å²) >= 11 is 0. The molecule has 24 heavy (non-hydrogen) atoms. The predicted molar refractivity (Wildman–Crippen MR) is 95.8 cm³/mol. The second kappa shape index (κ2) is 9.73. The van der Waals surface area contributed by atoms with Crippen molar-refractivity contribution in [2.45, 2.75) is 40.0 Å². The summed E-state index contributed by atoms with van der Waals surface area (Å²) in [5.74, 6) is 1.38. The Morgan fingerprint density at radius 2 is 1.71 bits per heavy atom. The minimum absolute atomic E-state index is 0.113. The van der Waals surface area contributed by atoms with Gasteiger partial charge in [-0.2, -0.15) is 0 Å². The summed E-state index contributed by atoms with van der Waals surface area (Å²) in [6, 6.07) is 0. The lowest BCUT2D eigenvalue weighted by atomic mass is 9.81. The Kier molecular flexibility index (Phi) is 8.68. The zero-order chi connectivity index (χ0) is 18.2. The molecule has 0 radical (unpaired) electrons. The van der Waals surface area contributed by atoms with Crippen molar-refractivity contribution in [1.82, 2.24) is 0 Å². The first-order valence-corrected chi connectivity index (χ1v) is 9.28. The molecule has 1 aliphatic rings. The van der Waals surface area contributed by atoms with Crippen LogP contribution in [0, 0.1) is 17.3 Å². The smallest absolute Gasteiger partial charge is 0.311 e. The van der Waals surface area contributed by atoms with Crippen molar-refractivity contribution in [3.8, 4) is 0 Å². The molecule has 0 aromatic rings. The molecule has 2 atom stereocenters. The Bertz CT molecular complexity index is 382. The highest BCUT2D eigenvalue weighted by atomic mass is 16.6. The van der Waals surface area contributed by atoms with E-state index < -0.39 is 5.41 Å². The summed E-state index contributed by atoms with van der Waals surface area (Å²) in [6.45, 7) is 10.6. The number of nitrogens with zero attached hydrogens (tertiary/aromatic N) is 1. The molecule has 142 valence electrons. The molecule has 0 spiro atoms. The third-order valence-corrected chi connectivity index (χ3v) is 5.23. The Hall–Kier alpha value is -0.650. The molecule has 1 aliphatic heterocycles. The molecule has 5 nitrogen and oxygen atoms in total. The average Bonchev–Trinajstić information content (AvgIpc) is 2.82. The van der Waals surface area contributed by atoms with Gasteiger partial charge < -0.3 is 18.7 Å². The quantitative estimate of drug-likeness (QED) is 0.328. The van der Waals surface area contributed by atoms with Gasteiger partial charge in [0.25, 0.3) is 0 Å². The van der Waals surface area contributed by atoms with Crippen molar-refractivity contribution in [1.29, 1.82) is 0 Å². The molecule has 0 aromatic carbocycles.